The maximum absolute atomic E-state index is 13.7. The first kappa shape index (κ1) is 17.1. The van der Waals surface area contributed by atoms with Crippen molar-refractivity contribution in [1.82, 2.24) is 4.90 Å². The van der Waals surface area contributed by atoms with Crippen LogP contribution in [0.4, 0.5) is 8.78 Å². The first-order valence-corrected chi connectivity index (χ1v) is 7.98. The molecule has 0 aromatic heterocycles. The zero-order valence-electron chi connectivity index (χ0n) is 13.4. The number of halogens is 2. The molecule has 1 fully saturated rings. The van der Waals surface area contributed by atoms with Gasteiger partial charge in [0, 0.05) is 18.5 Å². The van der Waals surface area contributed by atoms with E-state index in [1.807, 2.05) is 0 Å². The Kier molecular flexibility index (Phi) is 4.53. The van der Waals surface area contributed by atoms with Gasteiger partial charge in [0.2, 0.25) is 0 Å². The third-order valence-corrected chi connectivity index (χ3v) is 4.29. The number of hydrogen-bond acceptors (Lipinski definition) is 2. The molecule has 130 valence electrons. The molecule has 0 aliphatic carbocycles. The molecule has 1 amide bonds. The van der Waals surface area contributed by atoms with Crippen LogP contribution in [0.15, 0.2) is 48.5 Å². The molecule has 1 heterocycles. The van der Waals surface area contributed by atoms with Gasteiger partial charge >= 0.3 is 5.97 Å². The molecular weight excluding hydrogens is 328 g/mol. The number of rotatable bonds is 3. The highest BCUT2D eigenvalue weighted by Gasteiger charge is 2.37. The molecule has 1 aliphatic heterocycles. The number of carboxylic acids is 1. The molecule has 0 radical (unpaired) electrons. The zero-order chi connectivity index (χ0) is 18.0. The van der Waals surface area contributed by atoms with E-state index >= 15 is 0 Å². The maximum atomic E-state index is 13.7. The van der Waals surface area contributed by atoms with Crippen molar-refractivity contribution in [2.45, 2.75) is 18.8 Å². The standard InChI is InChI=1S/C19H17F2NO3/c20-19(21)10-5-11-22(12-19)17(23)15-8-3-1-6-13(15)14-7-2-4-9-16(14)18(24)25/h1-4,6-9H,5,10-12H2,(H,24,25). The summed E-state index contributed by atoms with van der Waals surface area (Å²) in [4.78, 5) is 25.4. The fourth-order valence-corrected chi connectivity index (χ4v) is 3.12. The number of aromatic carboxylic acids is 1. The van der Waals surface area contributed by atoms with Crippen molar-refractivity contribution in [3.8, 4) is 11.1 Å². The molecule has 2 aromatic rings. The smallest absolute Gasteiger partial charge is 0.336 e. The van der Waals surface area contributed by atoms with Crippen LogP contribution in [0.5, 0.6) is 0 Å². The quantitative estimate of drug-likeness (QED) is 0.917. The number of carbonyl (C=O) groups is 2. The topological polar surface area (TPSA) is 57.6 Å². The summed E-state index contributed by atoms with van der Waals surface area (Å²) in [6.07, 6.45) is 0.0207. The Labute approximate surface area is 143 Å². The summed E-state index contributed by atoms with van der Waals surface area (Å²) in [7, 11) is 0. The molecule has 0 spiro atoms. The number of nitrogens with zero attached hydrogens (tertiary/aromatic N) is 1. The molecule has 1 aliphatic rings. The van der Waals surface area contributed by atoms with Gasteiger partial charge in [-0.1, -0.05) is 36.4 Å². The van der Waals surface area contributed by atoms with Crippen molar-refractivity contribution in [2.24, 2.45) is 0 Å². The van der Waals surface area contributed by atoms with Gasteiger partial charge in [0.15, 0.2) is 0 Å². The molecule has 4 nitrogen and oxygen atoms in total. The van der Waals surface area contributed by atoms with Crippen LogP contribution in [0.25, 0.3) is 11.1 Å². The van der Waals surface area contributed by atoms with Crippen LogP contribution >= 0.6 is 0 Å². The summed E-state index contributed by atoms with van der Waals surface area (Å²) in [6.45, 7) is -0.343. The summed E-state index contributed by atoms with van der Waals surface area (Å²) in [6, 6.07) is 12.9. The van der Waals surface area contributed by atoms with E-state index in [0.717, 1.165) is 4.90 Å². The highest BCUT2D eigenvalue weighted by atomic mass is 19.3. The molecule has 6 heteroatoms. The second-order valence-corrected chi connectivity index (χ2v) is 6.08. The Balaban J connectivity index is 2.03. The average molecular weight is 345 g/mol. The highest BCUT2D eigenvalue weighted by Crippen LogP contribution is 2.31. The van der Waals surface area contributed by atoms with Gasteiger partial charge in [-0.15, -0.1) is 0 Å². The minimum Gasteiger partial charge on any atom is -0.478 e. The largest absolute Gasteiger partial charge is 0.478 e. The number of piperidine rings is 1. The normalized spacial score (nSPS) is 16.5. The molecule has 1 saturated heterocycles. The number of carbonyl (C=O) groups excluding carboxylic acids is 1. The summed E-state index contributed by atoms with van der Waals surface area (Å²) in [5, 5.41) is 9.38. The minimum atomic E-state index is -2.89. The van der Waals surface area contributed by atoms with Gasteiger partial charge in [-0.25, -0.2) is 13.6 Å². The number of hydrogen-bond donors (Lipinski definition) is 1. The third kappa shape index (κ3) is 3.52. The number of benzene rings is 2. The van der Waals surface area contributed by atoms with Crippen molar-refractivity contribution < 1.29 is 23.5 Å². The van der Waals surface area contributed by atoms with Gasteiger partial charge in [0.25, 0.3) is 11.8 Å². The molecule has 0 bridgehead atoms. The average Bonchev–Trinajstić information content (AvgIpc) is 2.60. The molecule has 2 aromatic carbocycles. The van der Waals surface area contributed by atoms with E-state index in [1.54, 1.807) is 42.5 Å². The molecule has 3 rings (SSSR count). The molecular formula is C19H17F2NO3. The Hall–Kier alpha value is -2.76. The lowest BCUT2D eigenvalue weighted by atomic mass is 9.94. The van der Waals surface area contributed by atoms with E-state index in [0.29, 0.717) is 11.1 Å². The summed E-state index contributed by atoms with van der Waals surface area (Å²) in [5.41, 5.74) is 1.11. The van der Waals surface area contributed by atoms with E-state index in [4.69, 9.17) is 0 Å². The fraction of sp³-hybridized carbons (Fsp3) is 0.263. The monoisotopic (exact) mass is 345 g/mol. The summed E-state index contributed by atoms with van der Waals surface area (Å²) >= 11 is 0. The molecule has 25 heavy (non-hydrogen) atoms. The van der Waals surface area contributed by atoms with E-state index in [2.05, 4.69) is 0 Å². The van der Waals surface area contributed by atoms with Crippen LogP contribution in [-0.2, 0) is 0 Å². The number of alkyl halides is 2. The lowest BCUT2D eigenvalue weighted by Gasteiger charge is -2.33. The lowest BCUT2D eigenvalue weighted by Crippen LogP contribution is -2.45. The van der Waals surface area contributed by atoms with Crippen molar-refractivity contribution in [3.63, 3.8) is 0 Å². The number of carboxylic acid groups (broad SMARTS) is 1. The highest BCUT2D eigenvalue weighted by molar-refractivity contribution is 6.04. The van der Waals surface area contributed by atoms with Crippen molar-refractivity contribution in [3.05, 3.63) is 59.7 Å². The second kappa shape index (κ2) is 6.63. The maximum Gasteiger partial charge on any atom is 0.336 e. The van der Waals surface area contributed by atoms with E-state index in [-0.39, 0.29) is 30.5 Å². The molecule has 0 unspecified atom stereocenters. The van der Waals surface area contributed by atoms with E-state index < -0.39 is 24.3 Å². The van der Waals surface area contributed by atoms with Gasteiger partial charge < -0.3 is 10.0 Å². The van der Waals surface area contributed by atoms with E-state index in [1.165, 1.54) is 6.07 Å². The molecule has 1 N–H and O–H groups in total. The minimum absolute atomic E-state index is 0.0618. The van der Waals surface area contributed by atoms with Gasteiger partial charge in [0.05, 0.1) is 12.1 Å². The van der Waals surface area contributed by atoms with Crippen molar-refractivity contribution in [2.75, 3.05) is 13.1 Å². The molecule has 0 atom stereocenters. The third-order valence-electron chi connectivity index (χ3n) is 4.29. The summed E-state index contributed by atoms with van der Waals surface area (Å²) in [5.74, 6) is -4.50. The first-order valence-electron chi connectivity index (χ1n) is 7.98. The van der Waals surface area contributed by atoms with Crippen LogP contribution in [0.3, 0.4) is 0 Å². The van der Waals surface area contributed by atoms with E-state index in [9.17, 15) is 23.5 Å². The van der Waals surface area contributed by atoms with Gasteiger partial charge in [0.1, 0.15) is 0 Å². The Bertz CT molecular complexity index is 820. The van der Waals surface area contributed by atoms with Crippen LogP contribution < -0.4 is 0 Å². The van der Waals surface area contributed by atoms with Crippen molar-refractivity contribution in [1.29, 1.82) is 0 Å². The predicted octanol–water partition coefficient (Wildman–Crippen LogP) is 3.92. The SMILES string of the molecule is O=C(O)c1ccccc1-c1ccccc1C(=O)N1CCCC(F)(F)C1. The summed E-state index contributed by atoms with van der Waals surface area (Å²) < 4.78 is 27.3. The predicted molar refractivity (Wildman–Crippen MR) is 88.9 cm³/mol. The number of amides is 1. The van der Waals surface area contributed by atoms with Crippen LogP contribution in [0.2, 0.25) is 0 Å². The molecule has 0 saturated carbocycles. The first-order chi connectivity index (χ1) is 11.9. The van der Waals surface area contributed by atoms with Crippen molar-refractivity contribution >= 4 is 11.9 Å². The van der Waals surface area contributed by atoms with Crippen LogP contribution in [0.1, 0.15) is 33.6 Å². The van der Waals surface area contributed by atoms with Crippen LogP contribution in [0, 0.1) is 0 Å². The van der Waals surface area contributed by atoms with Gasteiger partial charge in [-0.2, -0.15) is 0 Å². The Morgan fingerprint density at radius 1 is 0.960 bits per heavy atom. The zero-order valence-corrected chi connectivity index (χ0v) is 13.4. The van der Waals surface area contributed by atoms with Gasteiger partial charge in [-0.05, 0) is 29.7 Å². The fourth-order valence-electron chi connectivity index (χ4n) is 3.12. The van der Waals surface area contributed by atoms with Crippen LogP contribution in [-0.4, -0.2) is 40.9 Å². The second-order valence-electron chi connectivity index (χ2n) is 6.08. The lowest BCUT2D eigenvalue weighted by molar-refractivity contribution is -0.0560. The Morgan fingerprint density at radius 2 is 1.52 bits per heavy atom. The Morgan fingerprint density at radius 3 is 2.12 bits per heavy atom. The number of likely N-dealkylation sites (tertiary alicyclic amines) is 1. The van der Waals surface area contributed by atoms with Gasteiger partial charge in [-0.3, -0.25) is 4.79 Å².